The minimum atomic E-state index is -4.46. The number of halogens is 3. The fraction of sp³-hybridized carbons (Fsp3) is 0.364. The molecule has 0 atom stereocenters. The molecule has 0 amide bonds. The average Bonchev–Trinajstić information content (AvgIpc) is 2.28. The normalized spacial score (nSPS) is 11.4. The van der Waals surface area contributed by atoms with Gasteiger partial charge in [0.25, 0.3) is 0 Å². The minimum Gasteiger partial charge on any atom is -0.469 e. The van der Waals surface area contributed by atoms with Crippen molar-refractivity contribution in [2.24, 2.45) is 0 Å². The van der Waals surface area contributed by atoms with E-state index >= 15 is 0 Å². The molecule has 17 heavy (non-hydrogen) atoms. The van der Waals surface area contributed by atoms with Crippen molar-refractivity contribution in [3.63, 3.8) is 0 Å². The van der Waals surface area contributed by atoms with E-state index in [0.717, 1.165) is 13.2 Å². The van der Waals surface area contributed by atoms with Crippen molar-refractivity contribution in [3.8, 4) is 0 Å². The molecule has 0 unspecified atom stereocenters. The van der Waals surface area contributed by atoms with Crippen LogP contribution in [0.1, 0.15) is 11.1 Å². The molecular weight excluding hydrogens is 253 g/mol. The van der Waals surface area contributed by atoms with Crippen molar-refractivity contribution in [2.75, 3.05) is 13.4 Å². The van der Waals surface area contributed by atoms with E-state index in [1.54, 1.807) is 12.3 Å². The maximum Gasteiger partial charge on any atom is 0.416 e. The van der Waals surface area contributed by atoms with E-state index in [4.69, 9.17) is 0 Å². The summed E-state index contributed by atoms with van der Waals surface area (Å²) in [6.45, 7) is 0. The molecule has 0 aliphatic heterocycles. The fourth-order valence-corrected chi connectivity index (χ4v) is 1.77. The number of benzene rings is 1. The summed E-state index contributed by atoms with van der Waals surface area (Å²) >= 11 is 1.22. The number of methoxy groups -OCH3 is 1. The van der Waals surface area contributed by atoms with Crippen molar-refractivity contribution in [3.05, 3.63) is 29.3 Å². The fourth-order valence-electron chi connectivity index (χ4n) is 1.33. The van der Waals surface area contributed by atoms with E-state index in [9.17, 15) is 18.0 Å². The highest BCUT2D eigenvalue weighted by Gasteiger charge is 2.34. The molecule has 0 heterocycles. The number of alkyl halides is 3. The van der Waals surface area contributed by atoms with Crippen molar-refractivity contribution in [2.45, 2.75) is 17.5 Å². The predicted molar refractivity (Wildman–Crippen MR) is 58.9 cm³/mol. The average molecular weight is 264 g/mol. The van der Waals surface area contributed by atoms with Gasteiger partial charge in [0.2, 0.25) is 0 Å². The molecule has 6 heteroatoms. The molecule has 1 rings (SSSR count). The van der Waals surface area contributed by atoms with Crippen LogP contribution in [0.15, 0.2) is 23.1 Å². The summed E-state index contributed by atoms with van der Waals surface area (Å²) < 4.78 is 42.6. The van der Waals surface area contributed by atoms with Crippen molar-refractivity contribution in [1.29, 1.82) is 0 Å². The SMILES string of the molecule is COC(=O)Cc1ccc(SC)cc1C(F)(F)F. The molecule has 0 spiro atoms. The minimum absolute atomic E-state index is 0.0675. The van der Waals surface area contributed by atoms with Gasteiger partial charge in [0, 0.05) is 4.90 Å². The van der Waals surface area contributed by atoms with Crippen molar-refractivity contribution in [1.82, 2.24) is 0 Å². The molecule has 0 saturated heterocycles. The largest absolute Gasteiger partial charge is 0.469 e. The van der Waals surface area contributed by atoms with Gasteiger partial charge in [-0.3, -0.25) is 4.79 Å². The zero-order valence-corrected chi connectivity index (χ0v) is 10.1. The highest BCUT2D eigenvalue weighted by Crippen LogP contribution is 2.34. The van der Waals surface area contributed by atoms with Crippen LogP contribution in [0.5, 0.6) is 0 Å². The quantitative estimate of drug-likeness (QED) is 0.619. The highest BCUT2D eigenvalue weighted by molar-refractivity contribution is 7.98. The molecule has 0 aliphatic carbocycles. The van der Waals surface area contributed by atoms with Crippen molar-refractivity contribution >= 4 is 17.7 Å². The Morgan fingerprint density at radius 3 is 2.53 bits per heavy atom. The lowest BCUT2D eigenvalue weighted by Gasteiger charge is -2.13. The molecule has 94 valence electrons. The van der Waals surface area contributed by atoms with E-state index in [2.05, 4.69) is 4.74 Å². The Bertz CT molecular complexity index is 416. The second-order valence-corrected chi connectivity index (χ2v) is 4.15. The molecule has 0 fully saturated rings. The molecule has 0 bridgehead atoms. The Labute approximate surface area is 101 Å². The number of hydrogen-bond donors (Lipinski definition) is 0. The van der Waals surface area contributed by atoms with E-state index < -0.39 is 17.7 Å². The molecular formula is C11H11F3O2S. The van der Waals surface area contributed by atoms with Crippen LogP contribution in [0.4, 0.5) is 13.2 Å². The van der Waals surface area contributed by atoms with Gasteiger partial charge in [0.15, 0.2) is 0 Å². The van der Waals surface area contributed by atoms with Crippen LogP contribution in [-0.4, -0.2) is 19.3 Å². The van der Waals surface area contributed by atoms with Crippen molar-refractivity contribution < 1.29 is 22.7 Å². The summed E-state index contributed by atoms with van der Waals surface area (Å²) in [5, 5.41) is 0. The van der Waals surface area contributed by atoms with Gasteiger partial charge in [-0.1, -0.05) is 6.07 Å². The van der Waals surface area contributed by atoms with Gasteiger partial charge in [0.05, 0.1) is 19.1 Å². The van der Waals surface area contributed by atoms with Crippen LogP contribution >= 0.6 is 11.8 Å². The van der Waals surface area contributed by atoms with Gasteiger partial charge in [-0.25, -0.2) is 0 Å². The Balaban J connectivity index is 3.16. The monoisotopic (exact) mass is 264 g/mol. The van der Waals surface area contributed by atoms with Crippen LogP contribution in [0, 0.1) is 0 Å². The number of rotatable bonds is 3. The van der Waals surface area contributed by atoms with Crippen LogP contribution < -0.4 is 0 Å². The lowest BCUT2D eigenvalue weighted by molar-refractivity contribution is -0.141. The number of ether oxygens (including phenoxy) is 1. The van der Waals surface area contributed by atoms with Gasteiger partial charge >= 0.3 is 12.1 Å². The molecule has 0 aromatic heterocycles. The summed E-state index contributed by atoms with van der Waals surface area (Å²) in [6.07, 6.45) is -3.15. The van der Waals surface area contributed by atoms with Crippen LogP contribution in [0.3, 0.4) is 0 Å². The molecule has 1 aromatic rings. The zero-order chi connectivity index (χ0) is 13.1. The summed E-state index contributed by atoms with van der Waals surface area (Å²) in [6, 6.07) is 3.91. The summed E-state index contributed by atoms with van der Waals surface area (Å²) in [5.41, 5.74) is -0.850. The highest BCUT2D eigenvalue weighted by atomic mass is 32.2. The Kier molecular flexibility index (Phi) is 4.45. The second kappa shape index (κ2) is 5.44. The lowest BCUT2D eigenvalue weighted by Crippen LogP contribution is -2.13. The second-order valence-electron chi connectivity index (χ2n) is 3.27. The van der Waals surface area contributed by atoms with Crippen LogP contribution in [0.25, 0.3) is 0 Å². The number of esters is 1. The first kappa shape index (κ1) is 13.9. The Morgan fingerprint density at radius 1 is 1.41 bits per heavy atom. The molecule has 1 aromatic carbocycles. The van der Waals surface area contributed by atoms with Gasteiger partial charge in [-0.2, -0.15) is 13.2 Å². The Hall–Kier alpha value is -1.17. The Morgan fingerprint density at radius 2 is 2.06 bits per heavy atom. The van der Waals surface area contributed by atoms with Gasteiger partial charge in [0.1, 0.15) is 0 Å². The number of carbonyl (C=O) groups is 1. The first-order valence-corrected chi connectivity index (χ1v) is 5.92. The third kappa shape index (κ3) is 3.66. The molecule has 0 aliphatic rings. The summed E-state index contributed by atoms with van der Waals surface area (Å²) in [4.78, 5) is 11.5. The standard InChI is InChI=1S/C11H11F3O2S/c1-16-10(15)5-7-3-4-8(17-2)6-9(7)11(12,13)14/h3-4,6H,5H2,1-2H3. The number of hydrogen-bond acceptors (Lipinski definition) is 3. The van der Waals surface area contributed by atoms with E-state index in [1.165, 1.54) is 17.8 Å². The summed E-state index contributed by atoms with van der Waals surface area (Å²) in [5.74, 6) is -0.688. The maximum atomic E-state index is 12.8. The lowest BCUT2D eigenvalue weighted by atomic mass is 10.0. The van der Waals surface area contributed by atoms with Crippen LogP contribution in [0.2, 0.25) is 0 Å². The number of thioether (sulfide) groups is 1. The van der Waals surface area contributed by atoms with Gasteiger partial charge < -0.3 is 4.74 Å². The van der Waals surface area contributed by atoms with Gasteiger partial charge in [-0.05, 0) is 24.0 Å². The maximum absolute atomic E-state index is 12.8. The first-order chi connectivity index (χ1) is 7.88. The van der Waals surface area contributed by atoms with Gasteiger partial charge in [-0.15, -0.1) is 11.8 Å². The van der Waals surface area contributed by atoms with E-state index in [1.807, 2.05) is 0 Å². The molecule has 0 radical (unpaired) electrons. The third-order valence-corrected chi connectivity index (χ3v) is 2.91. The number of carbonyl (C=O) groups excluding carboxylic acids is 1. The zero-order valence-electron chi connectivity index (χ0n) is 9.30. The molecule has 0 N–H and O–H groups in total. The molecule has 0 saturated carbocycles. The first-order valence-electron chi connectivity index (χ1n) is 4.69. The van der Waals surface area contributed by atoms with Crippen LogP contribution in [-0.2, 0) is 22.1 Å². The summed E-state index contributed by atoms with van der Waals surface area (Å²) in [7, 11) is 1.14. The topological polar surface area (TPSA) is 26.3 Å². The van der Waals surface area contributed by atoms with E-state index in [0.29, 0.717) is 4.90 Å². The molecule has 2 nitrogen and oxygen atoms in total. The predicted octanol–water partition coefficient (Wildman–Crippen LogP) is 3.14. The van der Waals surface area contributed by atoms with E-state index in [-0.39, 0.29) is 12.0 Å². The third-order valence-electron chi connectivity index (χ3n) is 2.18. The smallest absolute Gasteiger partial charge is 0.416 e.